The van der Waals surface area contributed by atoms with E-state index in [2.05, 4.69) is 20.2 Å². The second kappa shape index (κ2) is 5.79. The number of aryl methyl sites for hydroxylation is 1. The summed E-state index contributed by atoms with van der Waals surface area (Å²) < 4.78 is 5.92. The van der Waals surface area contributed by atoms with Gasteiger partial charge in [-0.1, -0.05) is 6.07 Å². The van der Waals surface area contributed by atoms with Gasteiger partial charge in [-0.3, -0.25) is 5.10 Å². The standard InChI is InChI=1S/C18H16N6O/c1-10-2-5-12(19)8-15(10)25-13-6-3-11(4-7-13)16-14-9-21-18(20)22-17(14)24-23-16/h2-9H,19H2,1H3,(H3,20,21,22,23,24). The van der Waals surface area contributed by atoms with E-state index in [4.69, 9.17) is 16.2 Å². The van der Waals surface area contributed by atoms with Gasteiger partial charge >= 0.3 is 0 Å². The molecule has 0 amide bonds. The van der Waals surface area contributed by atoms with Crippen molar-refractivity contribution in [1.82, 2.24) is 20.2 Å². The van der Waals surface area contributed by atoms with Crippen LogP contribution in [-0.2, 0) is 0 Å². The van der Waals surface area contributed by atoms with Gasteiger partial charge < -0.3 is 16.2 Å². The lowest BCUT2D eigenvalue weighted by Crippen LogP contribution is -1.93. The number of anilines is 2. The highest BCUT2D eigenvalue weighted by molar-refractivity contribution is 5.90. The average Bonchev–Trinajstić information content (AvgIpc) is 3.02. The number of ether oxygens (including phenoxy) is 1. The van der Waals surface area contributed by atoms with Crippen LogP contribution in [0, 0.1) is 6.92 Å². The molecule has 5 N–H and O–H groups in total. The second-order valence-corrected chi connectivity index (χ2v) is 5.71. The average molecular weight is 332 g/mol. The maximum atomic E-state index is 5.92. The SMILES string of the molecule is Cc1ccc(N)cc1Oc1ccc(-c2n[nH]c3nc(N)ncc23)cc1. The summed E-state index contributed by atoms with van der Waals surface area (Å²) in [6.45, 7) is 1.98. The van der Waals surface area contributed by atoms with Crippen molar-refractivity contribution in [2.45, 2.75) is 6.92 Å². The number of hydrogen-bond donors (Lipinski definition) is 3. The number of fused-ring (bicyclic) bond motifs is 1. The first kappa shape index (κ1) is 14.9. The number of rotatable bonds is 3. The third-order valence-electron chi connectivity index (χ3n) is 3.90. The number of aromatic amines is 1. The smallest absolute Gasteiger partial charge is 0.222 e. The monoisotopic (exact) mass is 332 g/mol. The van der Waals surface area contributed by atoms with Gasteiger partial charge in [0.25, 0.3) is 0 Å². The Kier molecular flexibility index (Phi) is 3.46. The molecule has 7 nitrogen and oxygen atoms in total. The molecule has 0 aliphatic carbocycles. The molecular weight excluding hydrogens is 316 g/mol. The molecule has 2 aromatic heterocycles. The second-order valence-electron chi connectivity index (χ2n) is 5.71. The van der Waals surface area contributed by atoms with E-state index in [1.165, 1.54) is 0 Å². The van der Waals surface area contributed by atoms with E-state index in [0.717, 1.165) is 33.7 Å². The fourth-order valence-electron chi connectivity index (χ4n) is 2.58. The summed E-state index contributed by atoms with van der Waals surface area (Å²) in [4.78, 5) is 8.15. The maximum absolute atomic E-state index is 5.92. The fourth-order valence-corrected chi connectivity index (χ4v) is 2.58. The zero-order valence-electron chi connectivity index (χ0n) is 13.5. The van der Waals surface area contributed by atoms with Gasteiger partial charge in [-0.25, -0.2) is 4.98 Å². The van der Waals surface area contributed by atoms with Crippen LogP contribution in [0.25, 0.3) is 22.3 Å². The van der Waals surface area contributed by atoms with E-state index in [0.29, 0.717) is 11.3 Å². The molecule has 2 heterocycles. The lowest BCUT2D eigenvalue weighted by molar-refractivity contribution is 0.479. The van der Waals surface area contributed by atoms with E-state index in [1.807, 2.05) is 49.4 Å². The minimum Gasteiger partial charge on any atom is -0.457 e. The summed E-state index contributed by atoms with van der Waals surface area (Å²) >= 11 is 0. The predicted octanol–water partition coefficient (Wildman–Crippen LogP) is 3.29. The van der Waals surface area contributed by atoms with Gasteiger partial charge in [0.05, 0.1) is 5.39 Å². The van der Waals surface area contributed by atoms with Crippen LogP contribution in [0.1, 0.15) is 5.56 Å². The van der Waals surface area contributed by atoms with Crippen LogP contribution < -0.4 is 16.2 Å². The lowest BCUT2D eigenvalue weighted by atomic mass is 10.1. The quantitative estimate of drug-likeness (QED) is 0.496. The summed E-state index contributed by atoms with van der Waals surface area (Å²) in [5, 5.41) is 7.99. The zero-order chi connectivity index (χ0) is 17.4. The number of nitrogens with one attached hydrogen (secondary N) is 1. The Balaban J connectivity index is 1.64. The van der Waals surface area contributed by atoms with Crippen LogP contribution in [0.4, 0.5) is 11.6 Å². The van der Waals surface area contributed by atoms with Crippen LogP contribution in [-0.4, -0.2) is 20.2 Å². The van der Waals surface area contributed by atoms with Gasteiger partial charge in [-0.15, -0.1) is 0 Å². The normalized spacial score (nSPS) is 10.9. The fraction of sp³-hybridized carbons (Fsp3) is 0.0556. The number of nitrogens with two attached hydrogens (primary N) is 2. The van der Waals surface area contributed by atoms with Crippen LogP contribution in [0.15, 0.2) is 48.7 Å². The lowest BCUT2D eigenvalue weighted by Gasteiger charge is -2.10. The number of aromatic nitrogens is 4. The molecule has 0 saturated heterocycles. The highest BCUT2D eigenvalue weighted by Gasteiger charge is 2.10. The third kappa shape index (κ3) is 2.83. The van der Waals surface area contributed by atoms with Crippen LogP contribution in [0.2, 0.25) is 0 Å². The third-order valence-corrected chi connectivity index (χ3v) is 3.90. The van der Waals surface area contributed by atoms with Crippen molar-refractivity contribution in [2.24, 2.45) is 0 Å². The molecule has 0 fully saturated rings. The molecule has 124 valence electrons. The minimum absolute atomic E-state index is 0.212. The van der Waals surface area contributed by atoms with Crippen molar-refractivity contribution in [3.05, 3.63) is 54.2 Å². The Hall–Kier alpha value is -3.61. The molecule has 2 aromatic carbocycles. The molecule has 0 bridgehead atoms. The Labute approximate surface area is 143 Å². The Morgan fingerprint density at radius 2 is 1.84 bits per heavy atom. The molecule has 4 rings (SSSR count). The Bertz CT molecular complexity index is 1060. The van der Waals surface area contributed by atoms with Gasteiger partial charge in [0.1, 0.15) is 17.2 Å². The number of benzene rings is 2. The van der Waals surface area contributed by atoms with Gasteiger partial charge in [0.15, 0.2) is 5.65 Å². The maximum Gasteiger partial charge on any atom is 0.222 e. The summed E-state index contributed by atoms with van der Waals surface area (Å²) in [6, 6.07) is 13.2. The van der Waals surface area contributed by atoms with Crippen molar-refractivity contribution in [2.75, 3.05) is 11.5 Å². The molecular formula is C18H16N6O. The Morgan fingerprint density at radius 1 is 1.04 bits per heavy atom. The van der Waals surface area contributed by atoms with Crippen molar-refractivity contribution in [3.63, 3.8) is 0 Å². The Morgan fingerprint density at radius 3 is 2.64 bits per heavy atom. The highest BCUT2D eigenvalue weighted by atomic mass is 16.5. The van der Waals surface area contributed by atoms with Gasteiger partial charge in [-0.2, -0.15) is 10.1 Å². The molecule has 4 aromatic rings. The first-order valence-electron chi connectivity index (χ1n) is 7.71. The number of H-pyrrole nitrogens is 1. The molecule has 0 radical (unpaired) electrons. The summed E-state index contributed by atoms with van der Waals surface area (Å²) in [5.74, 6) is 1.67. The van der Waals surface area contributed by atoms with E-state index in [9.17, 15) is 0 Å². The molecule has 7 heteroatoms. The van der Waals surface area contributed by atoms with E-state index < -0.39 is 0 Å². The summed E-state index contributed by atoms with van der Waals surface area (Å²) in [7, 11) is 0. The van der Waals surface area contributed by atoms with Crippen molar-refractivity contribution < 1.29 is 4.74 Å². The first-order chi connectivity index (χ1) is 12.1. The van der Waals surface area contributed by atoms with Crippen LogP contribution >= 0.6 is 0 Å². The topological polar surface area (TPSA) is 116 Å². The summed E-state index contributed by atoms with van der Waals surface area (Å²) in [6.07, 6.45) is 1.66. The molecule has 0 spiro atoms. The number of hydrogen-bond acceptors (Lipinski definition) is 6. The van der Waals surface area contributed by atoms with Gasteiger partial charge in [0, 0.05) is 23.5 Å². The van der Waals surface area contributed by atoms with E-state index in [1.54, 1.807) is 6.20 Å². The molecule has 0 aliphatic heterocycles. The van der Waals surface area contributed by atoms with Crippen LogP contribution in [0.3, 0.4) is 0 Å². The van der Waals surface area contributed by atoms with Gasteiger partial charge in [-0.05, 0) is 42.8 Å². The van der Waals surface area contributed by atoms with Crippen molar-refractivity contribution >= 4 is 22.7 Å². The zero-order valence-corrected chi connectivity index (χ0v) is 13.5. The molecule has 0 saturated carbocycles. The first-order valence-corrected chi connectivity index (χ1v) is 7.71. The van der Waals surface area contributed by atoms with Crippen molar-refractivity contribution in [1.29, 1.82) is 0 Å². The van der Waals surface area contributed by atoms with E-state index >= 15 is 0 Å². The largest absolute Gasteiger partial charge is 0.457 e. The molecule has 0 unspecified atom stereocenters. The molecule has 0 atom stereocenters. The number of nitrogen functional groups attached to an aromatic ring is 2. The minimum atomic E-state index is 0.212. The van der Waals surface area contributed by atoms with Gasteiger partial charge in [0.2, 0.25) is 5.95 Å². The summed E-state index contributed by atoms with van der Waals surface area (Å²) in [5.41, 5.74) is 15.4. The molecule has 0 aliphatic rings. The van der Waals surface area contributed by atoms with E-state index in [-0.39, 0.29) is 5.95 Å². The predicted molar refractivity (Wildman–Crippen MR) is 97.2 cm³/mol. The molecule has 25 heavy (non-hydrogen) atoms. The highest BCUT2D eigenvalue weighted by Crippen LogP contribution is 2.30. The number of nitrogens with zero attached hydrogens (tertiary/aromatic N) is 3. The van der Waals surface area contributed by atoms with Crippen molar-refractivity contribution in [3.8, 4) is 22.8 Å². The van der Waals surface area contributed by atoms with Crippen LogP contribution in [0.5, 0.6) is 11.5 Å².